The number of hydrogen-bond donors (Lipinski definition) is 1. The summed E-state index contributed by atoms with van der Waals surface area (Å²) in [7, 11) is 0. The van der Waals surface area contributed by atoms with Gasteiger partial charge in [0.2, 0.25) is 0 Å². The average molecular weight is 340 g/mol. The Hall–Kier alpha value is -0.930. The Morgan fingerprint density at radius 3 is 2.39 bits per heavy atom. The fourth-order valence-electron chi connectivity index (χ4n) is 3.04. The van der Waals surface area contributed by atoms with E-state index in [-0.39, 0.29) is 0 Å². The van der Waals surface area contributed by atoms with Crippen molar-refractivity contribution in [1.29, 1.82) is 0 Å². The van der Waals surface area contributed by atoms with Gasteiger partial charge in [-0.2, -0.15) is 0 Å². The Bertz CT molecular complexity index is 471. The molecular weight excluding hydrogens is 310 g/mol. The Morgan fingerprint density at radius 1 is 1.04 bits per heavy atom. The predicted molar refractivity (Wildman–Crippen MR) is 96.7 cm³/mol. The Labute approximate surface area is 145 Å². The highest BCUT2D eigenvalue weighted by Crippen LogP contribution is 2.34. The van der Waals surface area contributed by atoms with Gasteiger partial charge in [-0.25, -0.2) is 0 Å². The van der Waals surface area contributed by atoms with E-state index in [9.17, 15) is 0 Å². The van der Waals surface area contributed by atoms with Crippen LogP contribution in [0.2, 0.25) is 5.02 Å². The van der Waals surface area contributed by atoms with Gasteiger partial charge in [-0.3, -0.25) is 0 Å². The molecule has 0 heterocycles. The number of ether oxygens (including phenoxy) is 2. The molecule has 1 aliphatic carbocycles. The molecular formula is C19H30ClNO2. The van der Waals surface area contributed by atoms with Crippen molar-refractivity contribution in [3.8, 4) is 11.5 Å². The van der Waals surface area contributed by atoms with Gasteiger partial charge >= 0.3 is 0 Å². The highest BCUT2D eigenvalue weighted by molar-refractivity contribution is 6.31. The van der Waals surface area contributed by atoms with Crippen LogP contribution < -0.4 is 14.8 Å². The monoisotopic (exact) mass is 339 g/mol. The number of benzene rings is 1. The summed E-state index contributed by atoms with van der Waals surface area (Å²) in [5.41, 5.74) is 1.09. The first-order valence-electron chi connectivity index (χ1n) is 9.06. The SMILES string of the molecule is CCCOc1cc(Cl)c(CNC2CCCCCC2)cc1OCC. The molecule has 0 spiro atoms. The number of halogens is 1. The standard InChI is InChI=1S/C19H30ClNO2/c1-3-11-23-19-13-17(20)15(12-18(19)22-4-2)14-21-16-9-7-5-6-8-10-16/h12-13,16,21H,3-11,14H2,1-2H3. The molecule has 4 heteroatoms. The van der Waals surface area contributed by atoms with Crippen molar-refractivity contribution in [3.05, 3.63) is 22.7 Å². The summed E-state index contributed by atoms with van der Waals surface area (Å²) < 4.78 is 11.5. The third-order valence-electron chi connectivity index (χ3n) is 4.31. The molecule has 1 fully saturated rings. The molecule has 0 amide bonds. The van der Waals surface area contributed by atoms with Gasteiger partial charge in [-0.05, 0) is 37.8 Å². The van der Waals surface area contributed by atoms with E-state index in [0.717, 1.165) is 35.1 Å². The molecule has 1 aromatic rings. The van der Waals surface area contributed by atoms with Crippen LogP contribution in [0.5, 0.6) is 11.5 Å². The lowest BCUT2D eigenvalue weighted by molar-refractivity contribution is 0.276. The van der Waals surface area contributed by atoms with E-state index in [1.54, 1.807) is 0 Å². The van der Waals surface area contributed by atoms with E-state index in [4.69, 9.17) is 21.1 Å². The van der Waals surface area contributed by atoms with Crippen LogP contribution in [0.15, 0.2) is 12.1 Å². The van der Waals surface area contributed by atoms with E-state index in [2.05, 4.69) is 12.2 Å². The molecule has 0 unspecified atom stereocenters. The van der Waals surface area contributed by atoms with Crippen molar-refractivity contribution >= 4 is 11.6 Å². The highest BCUT2D eigenvalue weighted by atomic mass is 35.5. The van der Waals surface area contributed by atoms with Gasteiger partial charge in [0.1, 0.15) is 0 Å². The maximum absolute atomic E-state index is 6.45. The first-order chi connectivity index (χ1) is 11.2. The molecule has 1 aromatic carbocycles. The second-order valence-electron chi connectivity index (χ2n) is 6.24. The first-order valence-corrected chi connectivity index (χ1v) is 9.43. The molecule has 1 aliphatic rings. The van der Waals surface area contributed by atoms with Gasteiger partial charge in [0.05, 0.1) is 13.2 Å². The zero-order valence-electron chi connectivity index (χ0n) is 14.5. The lowest BCUT2D eigenvalue weighted by atomic mass is 10.1. The summed E-state index contributed by atoms with van der Waals surface area (Å²) in [4.78, 5) is 0. The third-order valence-corrected chi connectivity index (χ3v) is 4.66. The average Bonchev–Trinajstić information content (AvgIpc) is 2.82. The second kappa shape index (κ2) is 10.0. The van der Waals surface area contributed by atoms with Crippen molar-refractivity contribution in [2.24, 2.45) is 0 Å². The molecule has 0 bridgehead atoms. The van der Waals surface area contributed by atoms with Gasteiger partial charge in [-0.15, -0.1) is 0 Å². The molecule has 0 saturated heterocycles. The molecule has 0 radical (unpaired) electrons. The highest BCUT2D eigenvalue weighted by Gasteiger charge is 2.14. The Morgan fingerprint density at radius 2 is 1.74 bits per heavy atom. The fourth-order valence-corrected chi connectivity index (χ4v) is 3.26. The number of hydrogen-bond acceptors (Lipinski definition) is 3. The molecule has 0 atom stereocenters. The van der Waals surface area contributed by atoms with Crippen molar-refractivity contribution in [2.75, 3.05) is 13.2 Å². The van der Waals surface area contributed by atoms with Crippen molar-refractivity contribution in [2.45, 2.75) is 71.4 Å². The minimum Gasteiger partial charge on any atom is -0.490 e. The summed E-state index contributed by atoms with van der Waals surface area (Å²) >= 11 is 6.45. The van der Waals surface area contributed by atoms with Crippen LogP contribution in [-0.4, -0.2) is 19.3 Å². The molecule has 3 nitrogen and oxygen atoms in total. The topological polar surface area (TPSA) is 30.5 Å². The van der Waals surface area contributed by atoms with Crippen LogP contribution in [0, 0.1) is 0 Å². The van der Waals surface area contributed by atoms with Crippen LogP contribution in [-0.2, 0) is 6.54 Å². The molecule has 0 aromatic heterocycles. The molecule has 1 N–H and O–H groups in total. The van der Waals surface area contributed by atoms with Crippen LogP contribution in [0.4, 0.5) is 0 Å². The Kier molecular flexibility index (Phi) is 8.04. The molecule has 0 aliphatic heterocycles. The second-order valence-corrected chi connectivity index (χ2v) is 6.65. The Balaban J connectivity index is 2.03. The zero-order valence-corrected chi connectivity index (χ0v) is 15.3. The lowest BCUT2D eigenvalue weighted by Gasteiger charge is -2.18. The summed E-state index contributed by atoms with van der Waals surface area (Å²) in [6.07, 6.45) is 8.92. The zero-order chi connectivity index (χ0) is 16.5. The first kappa shape index (κ1) is 18.4. The lowest BCUT2D eigenvalue weighted by Crippen LogP contribution is -2.28. The largest absolute Gasteiger partial charge is 0.490 e. The predicted octanol–water partition coefficient (Wildman–Crippen LogP) is 5.34. The van der Waals surface area contributed by atoms with Crippen LogP contribution in [0.25, 0.3) is 0 Å². The molecule has 23 heavy (non-hydrogen) atoms. The third kappa shape index (κ3) is 5.89. The summed E-state index contributed by atoms with van der Waals surface area (Å²) in [6, 6.07) is 4.53. The van der Waals surface area contributed by atoms with E-state index < -0.39 is 0 Å². The number of nitrogens with one attached hydrogen (secondary N) is 1. The van der Waals surface area contributed by atoms with E-state index in [0.29, 0.717) is 19.3 Å². The van der Waals surface area contributed by atoms with Crippen molar-refractivity contribution in [3.63, 3.8) is 0 Å². The molecule has 2 rings (SSSR count). The van der Waals surface area contributed by atoms with Gasteiger partial charge in [0.15, 0.2) is 11.5 Å². The van der Waals surface area contributed by atoms with Crippen LogP contribution in [0.3, 0.4) is 0 Å². The summed E-state index contributed by atoms with van der Waals surface area (Å²) in [6.45, 7) is 6.17. The van der Waals surface area contributed by atoms with E-state index in [1.165, 1.54) is 38.5 Å². The minimum absolute atomic E-state index is 0.611. The maximum atomic E-state index is 6.45. The van der Waals surface area contributed by atoms with E-state index >= 15 is 0 Å². The summed E-state index contributed by atoms with van der Waals surface area (Å²) in [5.74, 6) is 1.54. The molecule has 130 valence electrons. The fraction of sp³-hybridized carbons (Fsp3) is 0.684. The van der Waals surface area contributed by atoms with Gasteiger partial charge in [0.25, 0.3) is 0 Å². The quantitative estimate of drug-likeness (QED) is 0.648. The summed E-state index contributed by atoms with van der Waals surface area (Å²) in [5, 5.41) is 4.42. The van der Waals surface area contributed by atoms with Crippen molar-refractivity contribution in [1.82, 2.24) is 5.32 Å². The van der Waals surface area contributed by atoms with Gasteiger partial charge < -0.3 is 14.8 Å². The molecule has 1 saturated carbocycles. The minimum atomic E-state index is 0.611. The van der Waals surface area contributed by atoms with E-state index in [1.807, 2.05) is 19.1 Å². The van der Waals surface area contributed by atoms with Crippen LogP contribution >= 0.6 is 11.6 Å². The normalized spacial score (nSPS) is 16.1. The van der Waals surface area contributed by atoms with Gasteiger partial charge in [-0.1, -0.05) is 44.2 Å². The maximum Gasteiger partial charge on any atom is 0.162 e. The van der Waals surface area contributed by atoms with Crippen LogP contribution in [0.1, 0.15) is 64.4 Å². The number of rotatable bonds is 8. The van der Waals surface area contributed by atoms with Gasteiger partial charge in [0, 0.05) is 23.7 Å². The smallest absolute Gasteiger partial charge is 0.162 e. The van der Waals surface area contributed by atoms with Crippen molar-refractivity contribution < 1.29 is 9.47 Å².